The first-order chi connectivity index (χ1) is 12.5. The lowest BCUT2D eigenvalue weighted by atomic mass is 9.92. The average molecular weight is 361 g/mol. The lowest BCUT2D eigenvalue weighted by Crippen LogP contribution is -2.50. The molecule has 7 heteroatoms. The lowest BCUT2D eigenvalue weighted by Gasteiger charge is -2.38. The van der Waals surface area contributed by atoms with Gasteiger partial charge in [0.05, 0.1) is 5.92 Å². The van der Waals surface area contributed by atoms with E-state index >= 15 is 0 Å². The molecule has 0 spiro atoms. The third-order valence-corrected chi connectivity index (χ3v) is 5.68. The topological polar surface area (TPSA) is 61.7 Å². The number of rotatable bonds is 3. The van der Waals surface area contributed by atoms with Gasteiger partial charge >= 0.3 is 6.03 Å². The molecule has 0 bridgehead atoms. The molecule has 0 saturated carbocycles. The normalized spacial score (nSPS) is 21.7. The average Bonchev–Trinajstić information content (AvgIpc) is 3.15. The molecule has 26 heavy (non-hydrogen) atoms. The van der Waals surface area contributed by atoms with E-state index in [4.69, 9.17) is 0 Å². The van der Waals surface area contributed by atoms with Gasteiger partial charge in [-0.1, -0.05) is 0 Å². The van der Waals surface area contributed by atoms with Crippen molar-refractivity contribution in [3.63, 3.8) is 0 Å². The number of urea groups is 1. The second-order valence-corrected chi connectivity index (χ2v) is 7.63. The van der Waals surface area contributed by atoms with Gasteiger partial charge in [-0.05, 0) is 32.6 Å². The fourth-order valence-corrected chi connectivity index (χ4v) is 4.20. The monoisotopic (exact) mass is 361 g/mol. The van der Waals surface area contributed by atoms with E-state index in [1.54, 1.807) is 19.0 Å². The van der Waals surface area contributed by atoms with Gasteiger partial charge in [0.25, 0.3) is 0 Å². The van der Waals surface area contributed by atoms with Crippen molar-refractivity contribution in [2.75, 3.05) is 40.3 Å². The molecular weight excluding hydrogens is 330 g/mol. The van der Waals surface area contributed by atoms with Gasteiger partial charge in [0.2, 0.25) is 5.91 Å². The Hall–Kier alpha value is -2.05. The zero-order chi connectivity index (χ0) is 18.7. The number of imidazole rings is 1. The van der Waals surface area contributed by atoms with Gasteiger partial charge in [0.15, 0.2) is 0 Å². The Labute approximate surface area is 156 Å². The van der Waals surface area contributed by atoms with Gasteiger partial charge in [-0.15, -0.1) is 0 Å². The zero-order valence-electron chi connectivity index (χ0n) is 16.2. The van der Waals surface area contributed by atoms with Crippen molar-refractivity contribution in [2.24, 2.45) is 5.92 Å². The number of hydrogen-bond acceptors (Lipinski definition) is 3. The van der Waals surface area contributed by atoms with Gasteiger partial charge in [-0.2, -0.15) is 0 Å². The summed E-state index contributed by atoms with van der Waals surface area (Å²) < 4.78 is 2.20. The second-order valence-electron chi connectivity index (χ2n) is 7.63. The van der Waals surface area contributed by atoms with Gasteiger partial charge in [-0.3, -0.25) is 4.79 Å². The minimum absolute atomic E-state index is 0.00705. The molecule has 144 valence electrons. The number of piperidine rings is 2. The maximum atomic E-state index is 13.0. The molecule has 3 rings (SSSR count). The molecule has 0 unspecified atom stereocenters. The van der Waals surface area contributed by atoms with E-state index in [9.17, 15) is 9.59 Å². The molecule has 7 nitrogen and oxygen atoms in total. The fourth-order valence-electron chi connectivity index (χ4n) is 4.20. The first-order valence-electron chi connectivity index (χ1n) is 9.77. The lowest BCUT2D eigenvalue weighted by molar-refractivity contribution is -0.138. The number of aromatic nitrogens is 2. The number of carbonyl (C=O) groups is 2. The molecule has 2 fully saturated rings. The van der Waals surface area contributed by atoms with Gasteiger partial charge < -0.3 is 19.3 Å². The number of likely N-dealkylation sites (tertiary alicyclic amines) is 2. The Morgan fingerprint density at radius 2 is 1.88 bits per heavy atom. The molecule has 1 atom stereocenters. The van der Waals surface area contributed by atoms with Crippen LogP contribution in [0.4, 0.5) is 4.79 Å². The maximum absolute atomic E-state index is 13.0. The number of amides is 3. The van der Waals surface area contributed by atoms with Crippen LogP contribution in [-0.2, 0) is 11.3 Å². The number of aryl methyl sites for hydroxylation is 1. The van der Waals surface area contributed by atoms with Crippen molar-refractivity contribution in [1.29, 1.82) is 0 Å². The Morgan fingerprint density at radius 1 is 1.15 bits per heavy atom. The third kappa shape index (κ3) is 3.86. The summed E-state index contributed by atoms with van der Waals surface area (Å²) in [7, 11) is 3.53. The van der Waals surface area contributed by atoms with Crippen LogP contribution in [0.3, 0.4) is 0 Å². The van der Waals surface area contributed by atoms with E-state index in [2.05, 4.69) is 16.5 Å². The summed E-state index contributed by atoms with van der Waals surface area (Å²) in [6.45, 7) is 5.95. The van der Waals surface area contributed by atoms with Crippen LogP contribution >= 0.6 is 0 Å². The van der Waals surface area contributed by atoms with E-state index in [0.717, 1.165) is 57.7 Å². The van der Waals surface area contributed by atoms with E-state index < -0.39 is 0 Å². The van der Waals surface area contributed by atoms with Gasteiger partial charge in [0, 0.05) is 65.1 Å². The Balaban J connectivity index is 1.55. The predicted molar refractivity (Wildman–Crippen MR) is 99.8 cm³/mol. The Kier molecular flexibility index (Phi) is 5.84. The van der Waals surface area contributed by atoms with Crippen LogP contribution in [0.15, 0.2) is 12.4 Å². The quantitative estimate of drug-likeness (QED) is 0.827. The first kappa shape index (κ1) is 18.7. The third-order valence-electron chi connectivity index (χ3n) is 5.68. The molecule has 1 aromatic heterocycles. The van der Waals surface area contributed by atoms with Crippen molar-refractivity contribution in [3.05, 3.63) is 18.2 Å². The van der Waals surface area contributed by atoms with Crippen molar-refractivity contribution in [3.8, 4) is 0 Å². The van der Waals surface area contributed by atoms with E-state index in [1.807, 2.05) is 22.2 Å². The number of hydrogen-bond donors (Lipinski definition) is 0. The number of nitrogens with zero attached hydrogens (tertiary/aromatic N) is 5. The highest BCUT2D eigenvalue weighted by Gasteiger charge is 2.34. The molecule has 1 aromatic rings. The SMILES string of the molecule is CCn1ccnc1C1CCN(C(=O)[C@@H]2CCCN(C(=O)N(C)C)C2)CC1. The summed E-state index contributed by atoms with van der Waals surface area (Å²) in [4.78, 5) is 35.1. The highest BCUT2D eigenvalue weighted by atomic mass is 16.2. The molecule has 2 saturated heterocycles. The Bertz CT molecular complexity index is 634. The fraction of sp³-hybridized carbons (Fsp3) is 0.737. The molecule has 0 N–H and O–H groups in total. The standard InChI is InChI=1S/C19H31N5O2/c1-4-22-13-9-20-17(22)15-7-11-23(12-8-15)18(25)16-6-5-10-24(14-16)19(26)21(2)3/h9,13,15-16H,4-8,10-12,14H2,1-3H3/t16-/m1/s1. The van der Waals surface area contributed by atoms with Crippen molar-refractivity contribution < 1.29 is 9.59 Å². The van der Waals surface area contributed by atoms with E-state index in [-0.39, 0.29) is 17.9 Å². The molecule has 3 heterocycles. The summed E-state index contributed by atoms with van der Waals surface area (Å²) in [5.41, 5.74) is 0. The van der Waals surface area contributed by atoms with Gasteiger partial charge in [0.1, 0.15) is 5.82 Å². The van der Waals surface area contributed by atoms with Crippen LogP contribution in [-0.4, -0.2) is 76.5 Å². The molecule has 0 aliphatic carbocycles. The van der Waals surface area contributed by atoms with Gasteiger partial charge in [-0.25, -0.2) is 9.78 Å². The maximum Gasteiger partial charge on any atom is 0.319 e. The predicted octanol–water partition coefficient (Wildman–Crippen LogP) is 2.00. The summed E-state index contributed by atoms with van der Waals surface area (Å²) in [6.07, 6.45) is 7.63. The zero-order valence-corrected chi connectivity index (χ0v) is 16.2. The summed E-state index contributed by atoms with van der Waals surface area (Å²) in [6, 6.07) is 0.00705. The van der Waals surface area contributed by atoms with E-state index in [0.29, 0.717) is 12.5 Å². The minimum atomic E-state index is -0.0539. The van der Waals surface area contributed by atoms with Crippen LogP contribution in [0.25, 0.3) is 0 Å². The van der Waals surface area contributed by atoms with Crippen LogP contribution in [0.1, 0.15) is 44.3 Å². The van der Waals surface area contributed by atoms with Crippen molar-refractivity contribution in [2.45, 2.75) is 45.1 Å². The van der Waals surface area contributed by atoms with Crippen LogP contribution in [0.5, 0.6) is 0 Å². The minimum Gasteiger partial charge on any atom is -0.342 e. The van der Waals surface area contributed by atoms with Crippen LogP contribution < -0.4 is 0 Å². The van der Waals surface area contributed by atoms with Crippen molar-refractivity contribution >= 4 is 11.9 Å². The summed E-state index contributed by atoms with van der Waals surface area (Å²) in [5, 5.41) is 0. The Morgan fingerprint density at radius 3 is 2.54 bits per heavy atom. The molecular formula is C19H31N5O2. The molecule has 2 aliphatic heterocycles. The highest BCUT2D eigenvalue weighted by Crippen LogP contribution is 2.29. The number of carbonyl (C=O) groups excluding carboxylic acids is 2. The highest BCUT2D eigenvalue weighted by molar-refractivity contribution is 5.81. The van der Waals surface area contributed by atoms with Crippen LogP contribution in [0.2, 0.25) is 0 Å². The van der Waals surface area contributed by atoms with E-state index in [1.165, 1.54) is 0 Å². The van der Waals surface area contributed by atoms with Crippen molar-refractivity contribution in [1.82, 2.24) is 24.3 Å². The van der Waals surface area contributed by atoms with Crippen LogP contribution in [0, 0.1) is 5.92 Å². The first-order valence-corrected chi connectivity index (χ1v) is 9.77. The molecule has 0 aromatic carbocycles. The largest absolute Gasteiger partial charge is 0.342 e. The molecule has 2 aliphatic rings. The summed E-state index contributed by atoms with van der Waals surface area (Å²) >= 11 is 0. The smallest absolute Gasteiger partial charge is 0.319 e. The molecule has 0 radical (unpaired) electrons. The summed E-state index contributed by atoms with van der Waals surface area (Å²) in [5.74, 6) is 1.76. The second kappa shape index (κ2) is 8.10. The molecule has 3 amide bonds.